The van der Waals surface area contributed by atoms with Crippen LogP contribution in [0.4, 0.5) is 0 Å². The summed E-state index contributed by atoms with van der Waals surface area (Å²) in [5.41, 5.74) is 2.38. The highest BCUT2D eigenvalue weighted by Gasteiger charge is 2.22. The number of nitrogens with zero attached hydrogens (tertiary/aromatic N) is 2. The van der Waals surface area contributed by atoms with Crippen molar-refractivity contribution in [3.63, 3.8) is 0 Å². The Morgan fingerprint density at radius 3 is 2.22 bits per heavy atom. The predicted molar refractivity (Wildman–Crippen MR) is 96.0 cm³/mol. The van der Waals surface area contributed by atoms with Crippen LogP contribution in [0.25, 0.3) is 11.1 Å². The van der Waals surface area contributed by atoms with Crippen LogP contribution in [0.15, 0.2) is 71.7 Å². The Labute approximate surface area is 144 Å². The van der Waals surface area contributed by atoms with Gasteiger partial charge in [0.25, 0.3) is 0 Å². The zero-order valence-corrected chi connectivity index (χ0v) is 14.6. The molecule has 3 rings (SSSR count). The lowest BCUT2D eigenvalue weighted by Gasteiger charge is -2.24. The van der Waals surface area contributed by atoms with Gasteiger partial charge in [-0.3, -0.25) is 0 Å². The van der Waals surface area contributed by atoms with Gasteiger partial charge in [0.2, 0.25) is 0 Å². The Bertz CT molecular complexity index is 747. The highest BCUT2D eigenvalue weighted by molar-refractivity contribution is 9.10. The van der Waals surface area contributed by atoms with Crippen molar-refractivity contribution in [3.8, 4) is 11.1 Å². The van der Waals surface area contributed by atoms with Crippen molar-refractivity contribution in [2.45, 2.75) is 25.5 Å². The van der Waals surface area contributed by atoms with Crippen molar-refractivity contribution in [2.24, 2.45) is 0 Å². The maximum atomic E-state index is 10.7. The molecule has 0 spiro atoms. The number of aryl methyl sites for hydroxylation is 1. The molecule has 3 aromatic rings. The van der Waals surface area contributed by atoms with E-state index in [1.165, 1.54) is 0 Å². The molecule has 118 valence electrons. The Balaban J connectivity index is 1.73. The molecule has 0 saturated carbocycles. The lowest BCUT2D eigenvalue weighted by molar-refractivity contribution is 0.0431. The summed E-state index contributed by atoms with van der Waals surface area (Å²) in [6.07, 6.45) is 6.07. The van der Waals surface area contributed by atoms with Gasteiger partial charge < -0.3 is 9.67 Å². The number of aromatic nitrogens is 2. The van der Waals surface area contributed by atoms with E-state index in [0.29, 0.717) is 6.42 Å². The third-order valence-corrected chi connectivity index (χ3v) is 4.63. The smallest absolute Gasteiger partial charge is 0.0945 e. The number of hydrogen-bond acceptors (Lipinski definition) is 2. The number of rotatable bonds is 5. The highest BCUT2D eigenvalue weighted by Crippen LogP contribution is 2.28. The van der Waals surface area contributed by atoms with E-state index < -0.39 is 5.60 Å². The second-order valence-corrected chi connectivity index (χ2v) is 6.82. The van der Waals surface area contributed by atoms with Crippen molar-refractivity contribution in [2.75, 3.05) is 0 Å². The van der Waals surface area contributed by atoms with Crippen LogP contribution in [0.5, 0.6) is 0 Å². The average molecular weight is 371 g/mol. The number of aliphatic hydroxyl groups is 1. The van der Waals surface area contributed by atoms with E-state index in [-0.39, 0.29) is 0 Å². The minimum absolute atomic E-state index is 0.640. The minimum atomic E-state index is -0.859. The molecule has 0 radical (unpaired) electrons. The van der Waals surface area contributed by atoms with E-state index in [1.807, 2.05) is 42.0 Å². The summed E-state index contributed by atoms with van der Waals surface area (Å²) >= 11 is 3.45. The zero-order valence-electron chi connectivity index (χ0n) is 13.0. The van der Waals surface area contributed by atoms with Gasteiger partial charge in [-0.1, -0.05) is 52.3 Å². The highest BCUT2D eigenvalue weighted by atomic mass is 79.9. The van der Waals surface area contributed by atoms with Crippen LogP contribution in [-0.2, 0) is 12.1 Å². The first-order valence-electron chi connectivity index (χ1n) is 7.59. The molecule has 1 unspecified atom stereocenters. The second-order valence-electron chi connectivity index (χ2n) is 5.91. The summed E-state index contributed by atoms with van der Waals surface area (Å²) in [7, 11) is 0. The third-order valence-electron chi connectivity index (χ3n) is 4.10. The predicted octanol–water partition coefficient (Wildman–Crippen LogP) is 4.61. The molecule has 4 heteroatoms. The SMILES string of the molecule is CC(O)(CCn1ccnc1)c1ccc(-c2ccc(Br)cc2)cc1. The van der Waals surface area contributed by atoms with Crippen LogP contribution < -0.4 is 0 Å². The summed E-state index contributed by atoms with van der Waals surface area (Å²) in [5.74, 6) is 0. The first kappa shape index (κ1) is 16.0. The molecule has 23 heavy (non-hydrogen) atoms. The molecule has 2 aromatic carbocycles. The summed E-state index contributed by atoms with van der Waals surface area (Å²) in [6.45, 7) is 2.60. The number of benzene rings is 2. The molecule has 1 N–H and O–H groups in total. The molecule has 0 fully saturated rings. The van der Waals surface area contributed by atoms with Crippen molar-refractivity contribution in [3.05, 3.63) is 77.3 Å². The van der Waals surface area contributed by atoms with Crippen molar-refractivity contribution in [1.82, 2.24) is 9.55 Å². The van der Waals surface area contributed by atoms with E-state index in [4.69, 9.17) is 0 Å². The van der Waals surface area contributed by atoms with E-state index in [0.717, 1.165) is 27.7 Å². The Morgan fingerprint density at radius 1 is 1.04 bits per heavy atom. The molecular weight excluding hydrogens is 352 g/mol. The Kier molecular flexibility index (Phi) is 4.64. The molecule has 3 nitrogen and oxygen atoms in total. The van der Waals surface area contributed by atoms with Gasteiger partial charge in [0.15, 0.2) is 0 Å². The fourth-order valence-electron chi connectivity index (χ4n) is 2.57. The van der Waals surface area contributed by atoms with Crippen LogP contribution in [0.3, 0.4) is 0 Å². The molecule has 0 aliphatic carbocycles. The van der Waals surface area contributed by atoms with Gasteiger partial charge in [0, 0.05) is 23.4 Å². The average Bonchev–Trinajstić information content (AvgIpc) is 3.08. The number of halogens is 1. The lowest BCUT2D eigenvalue weighted by Crippen LogP contribution is -2.23. The van der Waals surface area contributed by atoms with E-state index in [1.54, 1.807) is 12.5 Å². The van der Waals surface area contributed by atoms with E-state index >= 15 is 0 Å². The summed E-state index contributed by atoms with van der Waals surface area (Å²) < 4.78 is 3.05. The van der Waals surface area contributed by atoms with Crippen LogP contribution in [-0.4, -0.2) is 14.7 Å². The number of hydrogen-bond donors (Lipinski definition) is 1. The van der Waals surface area contributed by atoms with Gasteiger partial charge in [0.05, 0.1) is 11.9 Å². The Morgan fingerprint density at radius 2 is 1.65 bits per heavy atom. The van der Waals surface area contributed by atoms with Gasteiger partial charge in [-0.25, -0.2) is 4.98 Å². The zero-order chi connectivity index (χ0) is 16.3. The monoisotopic (exact) mass is 370 g/mol. The molecule has 1 aromatic heterocycles. The first-order valence-corrected chi connectivity index (χ1v) is 8.38. The quantitative estimate of drug-likeness (QED) is 0.711. The number of imidazole rings is 1. The van der Waals surface area contributed by atoms with E-state index in [2.05, 4.69) is 45.2 Å². The molecule has 1 atom stereocenters. The summed E-state index contributed by atoms with van der Waals surface area (Å²) in [6, 6.07) is 16.4. The molecule has 0 aliphatic heterocycles. The van der Waals surface area contributed by atoms with Crippen LogP contribution >= 0.6 is 15.9 Å². The van der Waals surface area contributed by atoms with Gasteiger partial charge in [-0.05, 0) is 42.2 Å². The van der Waals surface area contributed by atoms with Gasteiger partial charge in [-0.15, -0.1) is 0 Å². The summed E-state index contributed by atoms with van der Waals surface area (Å²) in [4.78, 5) is 4.02. The molecule has 0 amide bonds. The van der Waals surface area contributed by atoms with Crippen LogP contribution in [0, 0.1) is 0 Å². The van der Waals surface area contributed by atoms with Crippen molar-refractivity contribution >= 4 is 15.9 Å². The summed E-state index contributed by atoms with van der Waals surface area (Å²) in [5, 5.41) is 10.7. The molecular formula is C19H19BrN2O. The molecule has 0 aliphatic rings. The first-order chi connectivity index (χ1) is 11.0. The lowest BCUT2D eigenvalue weighted by atomic mass is 9.91. The van der Waals surface area contributed by atoms with E-state index in [9.17, 15) is 5.11 Å². The molecule has 0 bridgehead atoms. The fraction of sp³-hybridized carbons (Fsp3) is 0.211. The molecule has 0 saturated heterocycles. The van der Waals surface area contributed by atoms with Crippen molar-refractivity contribution < 1.29 is 5.11 Å². The normalized spacial score (nSPS) is 13.7. The third kappa shape index (κ3) is 3.89. The van der Waals surface area contributed by atoms with Crippen molar-refractivity contribution in [1.29, 1.82) is 0 Å². The standard InChI is InChI=1S/C19H19BrN2O/c1-19(23,10-12-22-13-11-21-14-22)17-6-2-15(3-7-17)16-4-8-18(20)9-5-16/h2-9,11,13-14,23H,10,12H2,1H3. The maximum Gasteiger partial charge on any atom is 0.0945 e. The second kappa shape index (κ2) is 6.69. The van der Waals surface area contributed by atoms with Gasteiger partial charge in [0.1, 0.15) is 0 Å². The van der Waals surface area contributed by atoms with Crippen LogP contribution in [0.1, 0.15) is 18.9 Å². The fourth-order valence-corrected chi connectivity index (χ4v) is 2.84. The van der Waals surface area contributed by atoms with Gasteiger partial charge >= 0.3 is 0 Å². The largest absolute Gasteiger partial charge is 0.385 e. The minimum Gasteiger partial charge on any atom is -0.385 e. The Hall–Kier alpha value is -1.91. The topological polar surface area (TPSA) is 38.0 Å². The van der Waals surface area contributed by atoms with Crippen LogP contribution in [0.2, 0.25) is 0 Å². The van der Waals surface area contributed by atoms with Gasteiger partial charge in [-0.2, -0.15) is 0 Å². The molecule has 1 heterocycles. The maximum absolute atomic E-state index is 10.7.